The third-order valence-corrected chi connectivity index (χ3v) is 8.67. The number of benzene rings is 3. The van der Waals surface area contributed by atoms with Crippen LogP contribution in [0.25, 0.3) is 0 Å². The van der Waals surface area contributed by atoms with Gasteiger partial charge in [-0.15, -0.1) is 0 Å². The highest BCUT2D eigenvalue weighted by atomic mass is 35.5. The van der Waals surface area contributed by atoms with Crippen LogP contribution in [0.15, 0.2) is 77.7 Å². The lowest BCUT2D eigenvalue weighted by atomic mass is 10.1. The zero-order valence-corrected chi connectivity index (χ0v) is 25.0. The number of halogens is 2. The molecular weight excluding hydrogens is 591 g/mol. The molecule has 0 heterocycles. The van der Waals surface area contributed by atoms with E-state index in [2.05, 4.69) is 5.32 Å². The molecule has 0 aliphatic carbocycles. The van der Waals surface area contributed by atoms with E-state index in [1.165, 1.54) is 29.2 Å². The van der Waals surface area contributed by atoms with Gasteiger partial charge in [0.1, 0.15) is 12.6 Å². The van der Waals surface area contributed by atoms with Crippen LogP contribution in [0, 0.1) is 16.0 Å². The minimum Gasteiger partial charge on any atom is -0.354 e. The zero-order chi connectivity index (χ0) is 30.3. The summed E-state index contributed by atoms with van der Waals surface area (Å²) in [6.07, 6.45) is 0. The molecule has 0 saturated heterocycles. The Hall–Kier alpha value is -3.67. The van der Waals surface area contributed by atoms with Crippen LogP contribution in [0.1, 0.15) is 26.3 Å². The molecule has 0 unspecified atom stereocenters. The number of nitrogens with one attached hydrogen (secondary N) is 1. The van der Waals surface area contributed by atoms with Gasteiger partial charge in [0.15, 0.2) is 0 Å². The van der Waals surface area contributed by atoms with Crippen LogP contribution in [-0.2, 0) is 26.2 Å². The molecule has 3 aromatic carbocycles. The van der Waals surface area contributed by atoms with Gasteiger partial charge in [0, 0.05) is 25.2 Å². The molecule has 3 aromatic rings. The predicted octanol–water partition coefficient (Wildman–Crippen LogP) is 5.29. The Balaban J connectivity index is 2.03. The lowest BCUT2D eigenvalue weighted by Gasteiger charge is -2.32. The summed E-state index contributed by atoms with van der Waals surface area (Å²) in [7, 11) is -4.29. The fourth-order valence-corrected chi connectivity index (χ4v) is 5.61. The number of non-ortho nitro benzene ring substituents is 1. The average Bonchev–Trinajstić information content (AvgIpc) is 2.95. The Kier molecular flexibility index (Phi) is 10.7. The maximum absolute atomic E-state index is 13.9. The van der Waals surface area contributed by atoms with Gasteiger partial charge in [-0.3, -0.25) is 24.0 Å². The molecule has 2 amide bonds. The highest BCUT2D eigenvalue weighted by molar-refractivity contribution is 7.92. The molecule has 218 valence electrons. The van der Waals surface area contributed by atoms with Crippen LogP contribution >= 0.6 is 23.2 Å². The molecular formula is C28H30Cl2N4O6S. The quantitative estimate of drug-likeness (QED) is 0.216. The number of nitrogens with zero attached hydrogens (tertiary/aromatic N) is 3. The summed E-state index contributed by atoms with van der Waals surface area (Å²) in [5.74, 6) is -0.931. The van der Waals surface area contributed by atoms with Gasteiger partial charge in [-0.1, -0.05) is 61.3 Å². The normalized spacial score (nSPS) is 12.0. The van der Waals surface area contributed by atoms with Crippen molar-refractivity contribution in [2.24, 2.45) is 5.92 Å². The van der Waals surface area contributed by atoms with Crippen molar-refractivity contribution in [3.8, 4) is 0 Å². The molecule has 0 radical (unpaired) electrons. The van der Waals surface area contributed by atoms with Gasteiger partial charge in [0.25, 0.3) is 15.7 Å². The van der Waals surface area contributed by atoms with E-state index in [-0.39, 0.29) is 33.8 Å². The topological polar surface area (TPSA) is 130 Å². The van der Waals surface area contributed by atoms with E-state index < -0.39 is 39.3 Å². The largest absolute Gasteiger partial charge is 0.354 e. The summed E-state index contributed by atoms with van der Waals surface area (Å²) in [6.45, 7) is 5.05. The van der Waals surface area contributed by atoms with E-state index >= 15 is 0 Å². The average molecular weight is 622 g/mol. The first-order valence-electron chi connectivity index (χ1n) is 12.6. The summed E-state index contributed by atoms with van der Waals surface area (Å²) in [5.41, 5.74) is 0.372. The van der Waals surface area contributed by atoms with Crippen molar-refractivity contribution in [2.75, 3.05) is 17.4 Å². The Bertz CT molecular complexity index is 1500. The number of hydrogen-bond donors (Lipinski definition) is 1. The van der Waals surface area contributed by atoms with Crippen molar-refractivity contribution in [1.82, 2.24) is 10.2 Å². The maximum Gasteiger partial charge on any atom is 0.269 e. The number of nitro benzene ring substituents is 1. The van der Waals surface area contributed by atoms with Crippen LogP contribution in [0.5, 0.6) is 0 Å². The molecule has 0 aromatic heterocycles. The highest BCUT2D eigenvalue weighted by Gasteiger charge is 2.32. The Morgan fingerprint density at radius 2 is 1.59 bits per heavy atom. The molecule has 10 nitrogen and oxygen atoms in total. The lowest BCUT2D eigenvalue weighted by molar-refractivity contribution is -0.384. The zero-order valence-electron chi connectivity index (χ0n) is 22.7. The van der Waals surface area contributed by atoms with Crippen molar-refractivity contribution in [2.45, 2.75) is 38.3 Å². The first-order chi connectivity index (χ1) is 19.3. The van der Waals surface area contributed by atoms with Crippen LogP contribution in [0.4, 0.5) is 11.4 Å². The molecule has 0 bridgehead atoms. The fraction of sp³-hybridized carbons (Fsp3) is 0.286. The molecule has 0 aliphatic heterocycles. The van der Waals surface area contributed by atoms with Crippen LogP contribution < -0.4 is 9.62 Å². The summed E-state index contributed by atoms with van der Waals surface area (Å²) in [5, 5.41) is 14.6. The van der Waals surface area contributed by atoms with Crippen molar-refractivity contribution in [3.63, 3.8) is 0 Å². The van der Waals surface area contributed by atoms with Gasteiger partial charge < -0.3 is 10.2 Å². The van der Waals surface area contributed by atoms with Crippen LogP contribution in [-0.4, -0.2) is 49.2 Å². The SMILES string of the molecule is CC(C)CNC(=O)[C@@H](C)N(Cc1ccc(Cl)c(Cl)c1)C(=O)CN(c1ccc([N+](=O)[O-])cc1)S(=O)(=O)c1ccccc1. The first kappa shape index (κ1) is 31.9. The van der Waals surface area contributed by atoms with Crippen molar-refractivity contribution in [1.29, 1.82) is 0 Å². The third kappa shape index (κ3) is 8.18. The molecule has 0 spiro atoms. The number of hydrogen-bond acceptors (Lipinski definition) is 6. The first-order valence-corrected chi connectivity index (χ1v) is 14.8. The minimum absolute atomic E-state index is 0.0409. The van der Waals surface area contributed by atoms with Gasteiger partial charge in [-0.05, 0) is 54.8 Å². The monoisotopic (exact) mass is 620 g/mol. The second-order valence-electron chi connectivity index (χ2n) is 9.68. The van der Waals surface area contributed by atoms with Crippen molar-refractivity contribution in [3.05, 3.63) is 98.5 Å². The highest BCUT2D eigenvalue weighted by Crippen LogP contribution is 2.27. The molecule has 41 heavy (non-hydrogen) atoms. The summed E-state index contributed by atoms with van der Waals surface area (Å²) >= 11 is 12.2. The minimum atomic E-state index is -4.29. The van der Waals surface area contributed by atoms with E-state index in [1.54, 1.807) is 43.3 Å². The molecule has 1 atom stereocenters. The fourth-order valence-electron chi connectivity index (χ4n) is 3.86. The third-order valence-electron chi connectivity index (χ3n) is 6.15. The number of carbonyl (C=O) groups excluding carboxylic acids is 2. The lowest BCUT2D eigenvalue weighted by Crippen LogP contribution is -2.51. The number of anilines is 1. The van der Waals surface area contributed by atoms with Crippen molar-refractivity contribution >= 4 is 56.4 Å². The molecule has 0 saturated carbocycles. The van der Waals surface area contributed by atoms with E-state index in [4.69, 9.17) is 23.2 Å². The standard InChI is InChI=1S/C28H30Cl2N4O6S/c1-19(2)16-31-28(36)20(3)32(17-21-9-14-25(29)26(30)15-21)27(35)18-33(22-10-12-23(13-11-22)34(37)38)41(39,40)24-7-5-4-6-8-24/h4-15,19-20H,16-18H2,1-3H3,(H,31,36)/t20-/m1/s1. The van der Waals surface area contributed by atoms with E-state index in [9.17, 15) is 28.1 Å². The molecule has 0 aliphatic rings. The predicted molar refractivity (Wildman–Crippen MR) is 158 cm³/mol. The van der Waals surface area contributed by atoms with Crippen LogP contribution in [0.3, 0.4) is 0 Å². The van der Waals surface area contributed by atoms with Crippen LogP contribution in [0.2, 0.25) is 10.0 Å². The number of sulfonamides is 1. The summed E-state index contributed by atoms with van der Waals surface area (Å²) < 4.78 is 28.4. The summed E-state index contributed by atoms with van der Waals surface area (Å²) in [6, 6.07) is 16.1. The van der Waals surface area contributed by atoms with Gasteiger partial charge in [-0.2, -0.15) is 0 Å². The molecule has 3 rings (SSSR count). The Morgan fingerprint density at radius 3 is 2.15 bits per heavy atom. The molecule has 1 N–H and O–H groups in total. The number of amides is 2. The molecule has 0 fully saturated rings. The Morgan fingerprint density at radius 1 is 0.951 bits per heavy atom. The van der Waals surface area contributed by atoms with Gasteiger partial charge in [0.05, 0.1) is 25.6 Å². The smallest absolute Gasteiger partial charge is 0.269 e. The Labute approximate surface area is 249 Å². The van der Waals surface area contributed by atoms with Gasteiger partial charge in [-0.25, -0.2) is 8.42 Å². The van der Waals surface area contributed by atoms with Gasteiger partial charge in [0.2, 0.25) is 11.8 Å². The van der Waals surface area contributed by atoms with Crippen molar-refractivity contribution < 1.29 is 22.9 Å². The van der Waals surface area contributed by atoms with Gasteiger partial charge >= 0.3 is 0 Å². The molecule has 13 heteroatoms. The number of rotatable bonds is 12. The second kappa shape index (κ2) is 13.8. The van der Waals surface area contributed by atoms with E-state index in [0.29, 0.717) is 17.1 Å². The maximum atomic E-state index is 13.9. The number of nitro groups is 1. The summed E-state index contributed by atoms with van der Waals surface area (Å²) in [4.78, 5) is 38.7. The van der Waals surface area contributed by atoms with E-state index in [0.717, 1.165) is 16.4 Å². The second-order valence-corrected chi connectivity index (χ2v) is 12.4. The van der Waals surface area contributed by atoms with E-state index in [1.807, 2.05) is 13.8 Å². The number of carbonyl (C=O) groups is 2.